The van der Waals surface area contributed by atoms with E-state index < -0.39 is 5.60 Å². The first-order valence-corrected chi connectivity index (χ1v) is 12.2. The third kappa shape index (κ3) is 3.64. The van der Waals surface area contributed by atoms with Gasteiger partial charge < -0.3 is 14.4 Å². The zero-order valence-electron chi connectivity index (χ0n) is 21.2. The Morgan fingerprint density at radius 3 is 2.72 bits per heavy atom. The molecule has 184 valence electrons. The molecule has 0 radical (unpaired) electrons. The summed E-state index contributed by atoms with van der Waals surface area (Å²) in [5.74, 6) is 0.755. The number of carbonyl (C=O) groups excluding carboxylic acids is 1. The Bertz CT molecular complexity index is 1560. The summed E-state index contributed by atoms with van der Waals surface area (Å²) >= 11 is 0. The van der Waals surface area contributed by atoms with E-state index in [1.807, 2.05) is 33.2 Å². The van der Waals surface area contributed by atoms with E-state index in [9.17, 15) is 4.79 Å². The number of H-pyrrole nitrogens is 1. The molecule has 0 saturated heterocycles. The van der Waals surface area contributed by atoms with E-state index >= 15 is 0 Å². The lowest BCUT2D eigenvalue weighted by molar-refractivity contribution is 0.0329. The van der Waals surface area contributed by atoms with Gasteiger partial charge in [0.15, 0.2) is 5.75 Å². The summed E-state index contributed by atoms with van der Waals surface area (Å²) < 4.78 is 11.7. The van der Waals surface area contributed by atoms with Crippen molar-refractivity contribution in [1.29, 1.82) is 0 Å². The Hall–Kier alpha value is -4.07. The van der Waals surface area contributed by atoms with Crippen LogP contribution in [0.2, 0.25) is 0 Å². The van der Waals surface area contributed by atoms with E-state index in [-0.39, 0.29) is 6.09 Å². The monoisotopic (exact) mass is 483 g/mol. The number of rotatable bonds is 1. The first-order valence-electron chi connectivity index (χ1n) is 12.2. The fourth-order valence-corrected chi connectivity index (χ4v) is 5.10. The highest BCUT2D eigenvalue weighted by molar-refractivity contribution is 6.03. The van der Waals surface area contributed by atoms with Crippen LogP contribution in [0, 0.1) is 13.8 Å². The van der Waals surface area contributed by atoms with Crippen LogP contribution in [0.1, 0.15) is 31.9 Å². The first kappa shape index (κ1) is 22.4. The third-order valence-corrected chi connectivity index (χ3v) is 6.74. The summed E-state index contributed by atoms with van der Waals surface area (Å²) in [5, 5.41) is 9.46. The van der Waals surface area contributed by atoms with E-state index in [1.165, 1.54) is 11.1 Å². The van der Waals surface area contributed by atoms with Crippen LogP contribution in [0.15, 0.2) is 48.6 Å². The Morgan fingerprint density at radius 1 is 1.08 bits per heavy atom. The first-order chi connectivity index (χ1) is 17.2. The van der Waals surface area contributed by atoms with Crippen molar-refractivity contribution in [3.05, 3.63) is 59.7 Å². The summed E-state index contributed by atoms with van der Waals surface area (Å²) in [6.45, 7) is 11.4. The van der Waals surface area contributed by atoms with Crippen molar-refractivity contribution in [1.82, 2.24) is 20.1 Å². The topological polar surface area (TPSA) is 83.6 Å². The van der Waals surface area contributed by atoms with Gasteiger partial charge in [-0.05, 0) is 75.1 Å². The van der Waals surface area contributed by atoms with Gasteiger partial charge in [0.05, 0.1) is 34.8 Å². The van der Waals surface area contributed by atoms with Gasteiger partial charge >= 0.3 is 6.09 Å². The Kier molecular flexibility index (Phi) is 4.96. The van der Waals surface area contributed by atoms with Crippen molar-refractivity contribution in [2.45, 2.75) is 40.2 Å². The lowest BCUT2D eigenvalue weighted by Crippen LogP contribution is -2.45. The maximum atomic E-state index is 12.6. The second-order valence-electron chi connectivity index (χ2n) is 10.5. The number of amides is 1. The molecule has 0 spiro atoms. The fraction of sp³-hybridized carbons (Fsp3) is 0.321. The molecule has 0 saturated carbocycles. The van der Waals surface area contributed by atoms with Gasteiger partial charge in [-0.3, -0.25) is 15.0 Å². The summed E-state index contributed by atoms with van der Waals surface area (Å²) in [6.07, 6.45) is 5.19. The lowest BCUT2D eigenvalue weighted by atomic mass is 9.92. The zero-order chi connectivity index (χ0) is 25.2. The van der Waals surface area contributed by atoms with E-state index in [0.717, 1.165) is 50.1 Å². The number of hydrogen-bond donors (Lipinski definition) is 1. The maximum absolute atomic E-state index is 12.6. The van der Waals surface area contributed by atoms with E-state index in [4.69, 9.17) is 14.5 Å². The number of aryl methyl sites for hydroxylation is 2. The molecule has 0 fully saturated rings. The Morgan fingerprint density at radius 2 is 1.92 bits per heavy atom. The van der Waals surface area contributed by atoms with Crippen molar-refractivity contribution >= 4 is 33.6 Å². The van der Waals surface area contributed by atoms with Crippen LogP contribution < -0.4 is 9.64 Å². The van der Waals surface area contributed by atoms with Gasteiger partial charge in [0.2, 0.25) is 0 Å². The third-order valence-electron chi connectivity index (χ3n) is 6.74. The molecule has 2 aromatic heterocycles. The minimum absolute atomic E-state index is 0.343. The number of aromatic nitrogens is 3. The van der Waals surface area contributed by atoms with Gasteiger partial charge in [0.25, 0.3) is 0 Å². The van der Waals surface area contributed by atoms with Gasteiger partial charge in [0, 0.05) is 30.1 Å². The summed E-state index contributed by atoms with van der Waals surface area (Å²) in [7, 11) is 0. The Labute approximate surface area is 209 Å². The second kappa shape index (κ2) is 7.98. The number of benzene rings is 2. The molecule has 0 bridgehead atoms. The molecule has 0 unspecified atom stereocenters. The molecule has 2 aliphatic heterocycles. The average molecular weight is 484 g/mol. The number of nitrogens with zero attached hydrogens (tertiary/aromatic N) is 4. The molecule has 6 rings (SSSR count). The van der Waals surface area contributed by atoms with Crippen LogP contribution >= 0.6 is 0 Å². The molecule has 4 heterocycles. The molecule has 8 heteroatoms. The predicted octanol–water partition coefficient (Wildman–Crippen LogP) is 5.69. The highest BCUT2D eigenvalue weighted by atomic mass is 16.6. The maximum Gasteiger partial charge on any atom is 0.414 e. The summed E-state index contributed by atoms with van der Waals surface area (Å²) in [6, 6.07) is 8.54. The summed E-state index contributed by atoms with van der Waals surface area (Å²) in [5.41, 5.74) is 7.94. The standard InChI is InChI=1S/C28H29N5O3/c1-16-6-7-22-21(12-30-31-22)25(16)19-11-23-20(10-17(19)2)26-24(13-29-23)35-15-18-14-32(8-9-33(18)26)27(34)36-28(3,4)5/h6-7,10-14H,8-9,15H2,1-5H3,(H,30,31). The highest BCUT2D eigenvalue weighted by Crippen LogP contribution is 2.44. The normalized spacial score (nSPS) is 15.4. The van der Waals surface area contributed by atoms with Gasteiger partial charge in [-0.15, -0.1) is 0 Å². The van der Waals surface area contributed by atoms with Gasteiger partial charge in [-0.2, -0.15) is 5.10 Å². The Balaban J connectivity index is 1.44. The number of aromatic amines is 1. The molecule has 1 amide bonds. The van der Waals surface area contributed by atoms with Crippen LogP contribution in [0.25, 0.3) is 32.9 Å². The van der Waals surface area contributed by atoms with Crippen molar-refractivity contribution < 1.29 is 14.3 Å². The van der Waals surface area contributed by atoms with E-state index in [2.05, 4.69) is 53.2 Å². The van der Waals surface area contributed by atoms with E-state index in [1.54, 1.807) is 11.1 Å². The van der Waals surface area contributed by atoms with Crippen molar-refractivity contribution in [2.75, 3.05) is 24.6 Å². The SMILES string of the molecule is Cc1cc2c3c(cnc2cc1-c1c(C)ccc2[nH]ncc12)OCC1=CN(C(=O)OC(C)(C)C)CCN13. The second-order valence-corrected chi connectivity index (χ2v) is 10.5. The highest BCUT2D eigenvalue weighted by Gasteiger charge is 2.32. The van der Waals surface area contributed by atoms with Crippen LogP contribution in [-0.4, -0.2) is 51.5 Å². The van der Waals surface area contributed by atoms with Gasteiger partial charge in [0.1, 0.15) is 12.2 Å². The predicted molar refractivity (Wildman–Crippen MR) is 140 cm³/mol. The number of hydrogen-bond acceptors (Lipinski definition) is 6. The van der Waals surface area contributed by atoms with Crippen LogP contribution in [-0.2, 0) is 4.74 Å². The van der Waals surface area contributed by atoms with Crippen molar-refractivity contribution in [3.8, 4) is 16.9 Å². The molecular formula is C28H29N5O3. The van der Waals surface area contributed by atoms with Gasteiger partial charge in [-0.25, -0.2) is 4.79 Å². The largest absolute Gasteiger partial charge is 0.483 e. The number of nitrogens with one attached hydrogen (secondary N) is 1. The van der Waals surface area contributed by atoms with Crippen LogP contribution in [0.4, 0.5) is 10.5 Å². The molecule has 0 aliphatic carbocycles. The van der Waals surface area contributed by atoms with Crippen LogP contribution in [0.5, 0.6) is 5.75 Å². The molecule has 36 heavy (non-hydrogen) atoms. The molecule has 2 aromatic carbocycles. The number of ether oxygens (including phenoxy) is 2. The van der Waals surface area contributed by atoms with E-state index in [0.29, 0.717) is 19.7 Å². The van der Waals surface area contributed by atoms with Crippen LogP contribution in [0.3, 0.4) is 0 Å². The fourth-order valence-electron chi connectivity index (χ4n) is 5.10. The smallest absolute Gasteiger partial charge is 0.414 e. The van der Waals surface area contributed by atoms with Crippen molar-refractivity contribution in [3.63, 3.8) is 0 Å². The number of anilines is 1. The number of pyridine rings is 1. The molecule has 8 nitrogen and oxygen atoms in total. The average Bonchev–Trinajstić information content (AvgIpc) is 3.31. The summed E-state index contributed by atoms with van der Waals surface area (Å²) in [4.78, 5) is 21.3. The molecule has 2 aliphatic rings. The van der Waals surface area contributed by atoms with Gasteiger partial charge in [-0.1, -0.05) is 6.07 Å². The quantitative estimate of drug-likeness (QED) is 0.375. The molecular weight excluding hydrogens is 454 g/mol. The minimum atomic E-state index is -0.543. The molecule has 1 N–H and O–H groups in total. The minimum Gasteiger partial charge on any atom is -0.483 e. The molecule has 4 aromatic rings. The number of fused-ring (bicyclic) bond motifs is 6. The molecule has 0 atom stereocenters. The van der Waals surface area contributed by atoms with Crippen molar-refractivity contribution in [2.24, 2.45) is 0 Å². The zero-order valence-corrected chi connectivity index (χ0v) is 21.2. The number of carbonyl (C=O) groups is 1. The lowest BCUT2D eigenvalue weighted by Gasteiger charge is -2.39.